The Bertz CT molecular complexity index is 389. The molecule has 0 saturated carbocycles. The van der Waals surface area contributed by atoms with E-state index in [2.05, 4.69) is 4.90 Å². The second kappa shape index (κ2) is 6.16. The van der Waals surface area contributed by atoms with Gasteiger partial charge in [0.1, 0.15) is 5.82 Å². The van der Waals surface area contributed by atoms with E-state index in [9.17, 15) is 4.39 Å². The molecule has 3 nitrogen and oxygen atoms in total. The van der Waals surface area contributed by atoms with Crippen LogP contribution in [-0.2, 0) is 11.3 Å². The fourth-order valence-corrected chi connectivity index (χ4v) is 2.50. The van der Waals surface area contributed by atoms with E-state index in [1.807, 2.05) is 0 Å². The van der Waals surface area contributed by atoms with Crippen LogP contribution in [0.3, 0.4) is 0 Å². The number of halogens is 1. The number of likely N-dealkylation sites (tertiary alicyclic amines) is 1. The van der Waals surface area contributed by atoms with Crippen LogP contribution in [0.4, 0.5) is 10.1 Å². The van der Waals surface area contributed by atoms with Crippen molar-refractivity contribution in [3.8, 4) is 0 Å². The van der Waals surface area contributed by atoms with Gasteiger partial charge in [0.25, 0.3) is 0 Å². The number of nitrogens with two attached hydrogens (primary N) is 1. The molecule has 1 saturated heterocycles. The van der Waals surface area contributed by atoms with Crippen LogP contribution in [0, 0.1) is 11.7 Å². The standard InChI is InChI=1S/C14H21FN2O/c1-18-10-11-4-6-17(7-5-11)9-12-2-3-13(15)8-14(12)16/h2-3,8,11H,4-7,9-10,16H2,1H3. The lowest BCUT2D eigenvalue weighted by Gasteiger charge is -2.31. The third-order valence-electron chi connectivity index (χ3n) is 3.61. The van der Waals surface area contributed by atoms with Gasteiger partial charge in [0.05, 0.1) is 0 Å². The predicted molar refractivity (Wildman–Crippen MR) is 70.7 cm³/mol. The molecular weight excluding hydrogens is 231 g/mol. The molecule has 1 aromatic rings. The molecular formula is C14H21FN2O. The third-order valence-corrected chi connectivity index (χ3v) is 3.61. The van der Waals surface area contributed by atoms with Crippen LogP contribution in [0.15, 0.2) is 18.2 Å². The first-order valence-electron chi connectivity index (χ1n) is 6.44. The molecule has 1 heterocycles. The van der Waals surface area contributed by atoms with Crippen LogP contribution in [0.1, 0.15) is 18.4 Å². The van der Waals surface area contributed by atoms with Crippen molar-refractivity contribution in [1.29, 1.82) is 0 Å². The first-order chi connectivity index (χ1) is 8.69. The van der Waals surface area contributed by atoms with Crippen molar-refractivity contribution in [3.63, 3.8) is 0 Å². The Labute approximate surface area is 108 Å². The van der Waals surface area contributed by atoms with Crippen LogP contribution in [0.2, 0.25) is 0 Å². The summed E-state index contributed by atoms with van der Waals surface area (Å²) < 4.78 is 18.1. The van der Waals surface area contributed by atoms with Crippen molar-refractivity contribution in [1.82, 2.24) is 4.90 Å². The van der Waals surface area contributed by atoms with E-state index < -0.39 is 0 Å². The topological polar surface area (TPSA) is 38.5 Å². The first kappa shape index (κ1) is 13.3. The van der Waals surface area contributed by atoms with Crippen molar-refractivity contribution < 1.29 is 9.13 Å². The van der Waals surface area contributed by atoms with E-state index in [-0.39, 0.29) is 5.82 Å². The summed E-state index contributed by atoms with van der Waals surface area (Å²) in [5.41, 5.74) is 7.39. The molecule has 0 aromatic heterocycles. The Balaban J connectivity index is 1.87. The highest BCUT2D eigenvalue weighted by Gasteiger charge is 2.19. The van der Waals surface area contributed by atoms with Crippen LogP contribution in [0.5, 0.6) is 0 Å². The van der Waals surface area contributed by atoms with Gasteiger partial charge in [-0.3, -0.25) is 4.90 Å². The molecule has 2 N–H and O–H groups in total. The second-order valence-corrected chi connectivity index (χ2v) is 5.02. The molecule has 1 aliphatic heterocycles. The lowest BCUT2D eigenvalue weighted by molar-refractivity contribution is 0.0969. The number of methoxy groups -OCH3 is 1. The number of nitrogens with zero attached hydrogens (tertiary/aromatic N) is 1. The molecule has 1 aliphatic rings. The SMILES string of the molecule is COCC1CCN(Cc2ccc(F)cc2N)CC1. The zero-order valence-electron chi connectivity index (χ0n) is 10.9. The largest absolute Gasteiger partial charge is 0.398 e. The normalized spacial score (nSPS) is 18.1. The Kier molecular flexibility index (Phi) is 4.55. The van der Waals surface area contributed by atoms with Crippen molar-refractivity contribution in [3.05, 3.63) is 29.6 Å². The van der Waals surface area contributed by atoms with Crippen LogP contribution in [0.25, 0.3) is 0 Å². The molecule has 1 fully saturated rings. The molecule has 0 atom stereocenters. The van der Waals surface area contributed by atoms with Gasteiger partial charge >= 0.3 is 0 Å². The molecule has 0 radical (unpaired) electrons. The summed E-state index contributed by atoms with van der Waals surface area (Å²) in [4.78, 5) is 2.37. The molecule has 0 unspecified atom stereocenters. The first-order valence-corrected chi connectivity index (χ1v) is 6.44. The predicted octanol–water partition coefficient (Wildman–Crippen LogP) is 2.27. The number of nitrogen functional groups attached to an aromatic ring is 1. The molecule has 0 spiro atoms. The van der Waals surface area contributed by atoms with Gasteiger partial charge in [-0.25, -0.2) is 4.39 Å². The summed E-state index contributed by atoms with van der Waals surface area (Å²) in [5, 5.41) is 0. The third kappa shape index (κ3) is 3.43. The minimum absolute atomic E-state index is 0.268. The monoisotopic (exact) mass is 252 g/mol. The van der Waals surface area contributed by atoms with Gasteiger partial charge in [-0.1, -0.05) is 6.07 Å². The van der Waals surface area contributed by atoms with Gasteiger partial charge in [0, 0.05) is 25.9 Å². The number of hydrogen-bond donors (Lipinski definition) is 1. The van der Waals surface area contributed by atoms with Gasteiger partial charge in [-0.15, -0.1) is 0 Å². The average molecular weight is 252 g/mol. The Morgan fingerprint density at radius 3 is 2.72 bits per heavy atom. The summed E-state index contributed by atoms with van der Waals surface area (Å²) >= 11 is 0. The van der Waals surface area contributed by atoms with Gasteiger partial charge in [-0.2, -0.15) is 0 Å². The molecule has 100 valence electrons. The molecule has 18 heavy (non-hydrogen) atoms. The van der Waals surface area contributed by atoms with E-state index in [0.29, 0.717) is 11.6 Å². The zero-order valence-corrected chi connectivity index (χ0v) is 10.9. The highest BCUT2D eigenvalue weighted by Crippen LogP contribution is 2.21. The zero-order chi connectivity index (χ0) is 13.0. The molecule has 4 heteroatoms. The number of anilines is 1. The van der Waals surface area contributed by atoms with Gasteiger partial charge in [-0.05, 0) is 49.5 Å². The van der Waals surface area contributed by atoms with Crippen LogP contribution >= 0.6 is 0 Å². The fraction of sp³-hybridized carbons (Fsp3) is 0.571. The highest BCUT2D eigenvalue weighted by molar-refractivity contribution is 5.46. The number of rotatable bonds is 4. The van der Waals surface area contributed by atoms with Gasteiger partial charge in [0.15, 0.2) is 0 Å². The fourth-order valence-electron chi connectivity index (χ4n) is 2.50. The highest BCUT2D eigenvalue weighted by atomic mass is 19.1. The van der Waals surface area contributed by atoms with Gasteiger partial charge < -0.3 is 10.5 Å². The van der Waals surface area contributed by atoms with Crippen molar-refractivity contribution >= 4 is 5.69 Å². The maximum atomic E-state index is 13.0. The lowest BCUT2D eigenvalue weighted by atomic mass is 9.97. The van der Waals surface area contributed by atoms with Crippen molar-refractivity contribution in [2.75, 3.05) is 32.5 Å². The van der Waals surface area contributed by atoms with Crippen LogP contribution < -0.4 is 5.73 Å². The molecule has 0 bridgehead atoms. The molecule has 0 aliphatic carbocycles. The summed E-state index contributed by atoms with van der Waals surface area (Å²) in [6, 6.07) is 4.66. The number of hydrogen-bond acceptors (Lipinski definition) is 3. The number of piperidine rings is 1. The molecule has 0 amide bonds. The van der Waals surface area contributed by atoms with E-state index in [1.165, 1.54) is 12.1 Å². The second-order valence-electron chi connectivity index (χ2n) is 5.02. The van der Waals surface area contributed by atoms with E-state index in [1.54, 1.807) is 13.2 Å². The van der Waals surface area contributed by atoms with Crippen molar-refractivity contribution in [2.24, 2.45) is 5.92 Å². The number of ether oxygens (including phenoxy) is 1. The minimum Gasteiger partial charge on any atom is -0.398 e. The molecule has 2 rings (SSSR count). The summed E-state index contributed by atoms with van der Waals surface area (Å²) in [5.74, 6) is 0.409. The van der Waals surface area contributed by atoms with Crippen LogP contribution in [-0.4, -0.2) is 31.7 Å². The van der Waals surface area contributed by atoms with E-state index in [0.717, 1.165) is 44.6 Å². The van der Waals surface area contributed by atoms with Gasteiger partial charge in [0.2, 0.25) is 0 Å². The Hall–Kier alpha value is -1.13. The number of benzene rings is 1. The van der Waals surface area contributed by atoms with Crippen molar-refractivity contribution in [2.45, 2.75) is 19.4 Å². The quantitative estimate of drug-likeness (QED) is 0.835. The maximum Gasteiger partial charge on any atom is 0.125 e. The summed E-state index contributed by atoms with van der Waals surface area (Å²) in [6.07, 6.45) is 2.32. The smallest absolute Gasteiger partial charge is 0.125 e. The summed E-state index contributed by atoms with van der Waals surface area (Å²) in [7, 11) is 1.76. The van der Waals surface area contributed by atoms with E-state index >= 15 is 0 Å². The average Bonchev–Trinajstić information content (AvgIpc) is 2.35. The van der Waals surface area contributed by atoms with E-state index in [4.69, 9.17) is 10.5 Å². The maximum absolute atomic E-state index is 13.0. The Morgan fingerprint density at radius 2 is 2.11 bits per heavy atom. The Morgan fingerprint density at radius 1 is 1.39 bits per heavy atom. The summed E-state index contributed by atoms with van der Waals surface area (Å²) in [6.45, 7) is 3.79. The lowest BCUT2D eigenvalue weighted by Crippen LogP contribution is -2.34. The minimum atomic E-state index is -0.268. The molecule has 1 aromatic carbocycles.